The molecule has 0 unspecified atom stereocenters. The van der Waals surface area contributed by atoms with Crippen molar-refractivity contribution in [2.45, 2.75) is 0 Å². The van der Waals surface area contributed by atoms with Crippen molar-refractivity contribution in [2.24, 2.45) is 4.99 Å². The maximum Gasteiger partial charge on any atom is 0.139 e. The van der Waals surface area contributed by atoms with Crippen molar-refractivity contribution in [1.82, 2.24) is 10.9 Å². The zero-order valence-electron chi connectivity index (χ0n) is 5.26. The van der Waals surface area contributed by atoms with Gasteiger partial charge in [0.1, 0.15) is 5.84 Å². The van der Waals surface area contributed by atoms with E-state index in [1.165, 1.54) is 0 Å². The highest BCUT2D eigenvalue weighted by atomic mass is 15.4. The summed E-state index contributed by atoms with van der Waals surface area (Å²) in [7, 11) is 1.74. The van der Waals surface area contributed by atoms with Crippen molar-refractivity contribution in [1.29, 1.82) is 0 Å². The fraction of sp³-hybridized carbons (Fsp3) is 0.167. The molecule has 0 aromatic rings. The molecule has 0 spiro atoms. The zero-order chi connectivity index (χ0) is 6.53. The molecule has 48 valence electrons. The number of hydrogen-bond acceptors (Lipinski definition) is 2. The van der Waals surface area contributed by atoms with E-state index in [1.807, 2.05) is 18.2 Å². The Balaban J connectivity index is 2.62. The lowest BCUT2D eigenvalue weighted by Gasteiger charge is -2.00. The smallest absolute Gasteiger partial charge is 0.139 e. The van der Waals surface area contributed by atoms with Gasteiger partial charge in [-0.1, -0.05) is 6.08 Å². The molecule has 3 nitrogen and oxygen atoms in total. The van der Waals surface area contributed by atoms with E-state index in [9.17, 15) is 0 Å². The van der Waals surface area contributed by atoms with Crippen LogP contribution in [-0.4, -0.2) is 12.9 Å². The maximum atomic E-state index is 3.92. The van der Waals surface area contributed by atoms with Gasteiger partial charge >= 0.3 is 0 Å². The van der Waals surface area contributed by atoms with Crippen LogP contribution in [0.2, 0.25) is 0 Å². The number of nitrogens with one attached hydrogen (secondary N) is 2. The fourth-order valence-corrected chi connectivity index (χ4v) is 0.538. The van der Waals surface area contributed by atoms with Gasteiger partial charge < -0.3 is 5.43 Å². The molecule has 1 aliphatic heterocycles. The van der Waals surface area contributed by atoms with E-state index in [-0.39, 0.29) is 0 Å². The van der Waals surface area contributed by atoms with Crippen LogP contribution < -0.4 is 10.9 Å². The number of nitrogens with zero attached hydrogens (tertiary/aromatic N) is 1. The lowest BCUT2D eigenvalue weighted by molar-refractivity contribution is 0.823. The second-order valence-electron chi connectivity index (χ2n) is 1.60. The third-order valence-corrected chi connectivity index (χ3v) is 0.986. The van der Waals surface area contributed by atoms with E-state index in [0.717, 1.165) is 5.84 Å². The summed E-state index contributed by atoms with van der Waals surface area (Å²) in [4.78, 5) is 3.92. The van der Waals surface area contributed by atoms with Crippen molar-refractivity contribution in [3.63, 3.8) is 0 Å². The summed E-state index contributed by atoms with van der Waals surface area (Å²) < 4.78 is 0. The largest absolute Gasteiger partial charge is 0.307 e. The number of aliphatic imine (C=N–C) groups is 1. The van der Waals surface area contributed by atoms with Crippen molar-refractivity contribution < 1.29 is 0 Å². The van der Waals surface area contributed by atoms with E-state index in [1.54, 1.807) is 13.2 Å². The highest BCUT2D eigenvalue weighted by Crippen LogP contribution is 1.81. The number of allylic oxidation sites excluding steroid dienone is 2. The Hall–Kier alpha value is -1.25. The Morgan fingerprint density at radius 1 is 1.44 bits per heavy atom. The molecule has 0 aliphatic carbocycles. The average molecular weight is 123 g/mol. The summed E-state index contributed by atoms with van der Waals surface area (Å²) in [5.41, 5.74) is 5.68. The summed E-state index contributed by atoms with van der Waals surface area (Å²) >= 11 is 0. The summed E-state index contributed by atoms with van der Waals surface area (Å²) in [6, 6.07) is 0. The molecule has 0 atom stereocenters. The standard InChI is InChI=1S/C6H9N3/c1-7-6-4-2-3-5-8-9-6/h2-5,8H,1H3,(H,7,9). The average Bonchev–Trinajstić information content (AvgIpc) is 2.13. The van der Waals surface area contributed by atoms with Gasteiger partial charge in [-0.2, -0.15) is 0 Å². The number of hydrazine groups is 1. The molecule has 1 aliphatic rings. The first-order chi connectivity index (χ1) is 4.43. The molecule has 0 amide bonds. The Labute approximate surface area is 54.1 Å². The molecule has 1 heterocycles. The Bertz CT molecular complexity index is 167. The fourth-order valence-electron chi connectivity index (χ4n) is 0.538. The van der Waals surface area contributed by atoms with Gasteiger partial charge in [0, 0.05) is 13.2 Å². The normalized spacial score (nSPS) is 20.8. The number of amidine groups is 1. The van der Waals surface area contributed by atoms with E-state index >= 15 is 0 Å². The number of hydrogen-bond donors (Lipinski definition) is 2. The molecule has 0 radical (unpaired) electrons. The van der Waals surface area contributed by atoms with Gasteiger partial charge in [-0.05, 0) is 12.2 Å². The molecule has 1 rings (SSSR count). The number of rotatable bonds is 0. The Kier molecular flexibility index (Phi) is 1.90. The summed E-state index contributed by atoms with van der Waals surface area (Å²) in [6.07, 6.45) is 7.49. The summed E-state index contributed by atoms with van der Waals surface area (Å²) in [5, 5.41) is 0. The summed E-state index contributed by atoms with van der Waals surface area (Å²) in [5.74, 6) is 0.833. The van der Waals surface area contributed by atoms with Gasteiger partial charge in [0.15, 0.2) is 0 Å². The maximum absolute atomic E-state index is 3.92. The third kappa shape index (κ3) is 1.60. The van der Waals surface area contributed by atoms with Gasteiger partial charge in [0.2, 0.25) is 0 Å². The first kappa shape index (κ1) is 5.88. The Morgan fingerprint density at radius 3 is 3.11 bits per heavy atom. The predicted octanol–water partition coefficient (Wildman–Crippen LogP) is 0.192. The van der Waals surface area contributed by atoms with Crippen LogP contribution >= 0.6 is 0 Å². The summed E-state index contributed by atoms with van der Waals surface area (Å²) in [6.45, 7) is 0. The minimum absolute atomic E-state index is 0.833. The van der Waals surface area contributed by atoms with E-state index in [0.29, 0.717) is 0 Å². The molecule has 0 aromatic carbocycles. The molecular weight excluding hydrogens is 114 g/mol. The van der Waals surface area contributed by atoms with E-state index in [2.05, 4.69) is 15.8 Å². The van der Waals surface area contributed by atoms with Crippen LogP contribution in [0.4, 0.5) is 0 Å². The van der Waals surface area contributed by atoms with Gasteiger partial charge in [-0.15, -0.1) is 0 Å². The monoisotopic (exact) mass is 123 g/mol. The minimum Gasteiger partial charge on any atom is -0.307 e. The first-order valence-corrected chi connectivity index (χ1v) is 2.75. The lowest BCUT2D eigenvalue weighted by Crippen LogP contribution is -2.31. The molecule has 0 saturated heterocycles. The van der Waals surface area contributed by atoms with Crippen molar-refractivity contribution >= 4 is 5.84 Å². The van der Waals surface area contributed by atoms with Crippen molar-refractivity contribution in [3.05, 3.63) is 24.4 Å². The van der Waals surface area contributed by atoms with Crippen LogP contribution in [0.25, 0.3) is 0 Å². The van der Waals surface area contributed by atoms with Crippen LogP contribution in [0.15, 0.2) is 29.4 Å². The SMILES string of the molecule is CN=C1C=CC=CNN1. The topological polar surface area (TPSA) is 36.4 Å². The van der Waals surface area contributed by atoms with Crippen molar-refractivity contribution in [3.8, 4) is 0 Å². The van der Waals surface area contributed by atoms with Crippen LogP contribution in [0, 0.1) is 0 Å². The van der Waals surface area contributed by atoms with Crippen LogP contribution in [-0.2, 0) is 0 Å². The van der Waals surface area contributed by atoms with Gasteiger partial charge in [0.25, 0.3) is 0 Å². The van der Waals surface area contributed by atoms with Gasteiger partial charge in [-0.25, -0.2) is 0 Å². The van der Waals surface area contributed by atoms with Gasteiger partial charge in [-0.3, -0.25) is 10.4 Å². The highest BCUT2D eigenvalue weighted by molar-refractivity contribution is 5.92. The van der Waals surface area contributed by atoms with Crippen LogP contribution in [0.3, 0.4) is 0 Å². The quantitative estimate of drug-likeness (QED) is 0.482. The van der Waals surface area contributed by atoms with Crippen LogP contribution in [0.5, 0.6) is 0 Å². The molecule has 2 N–H and O–H groups in total. The third-order valence-electron chi connectivity index (χ3n) is 0.986. The highest BCUT2D eigenvalue weighted by Gasteiger charge is 1.87. The minimum atomic E-state index is 0.833. The van der Waals surface area contributed by atoms with Crippen molar-refractivity contribution in [2.75, 3.05) is 7.05 Å². The predicted molar refractivity (Wildman–Crippen MR) is 37.9 cm³/mol. The lowest BCUT2D eigenvalue weighted by atomic mass is 10.4. The molecule has 0 aromatic heterocycles. The molecule has 0 fully saturated rings. The zero-order valence-corrected chi connectivity index (χ0v) is 5.26. The Morgan fingerprint density at radius 2 is 2.33 bits per heavy atom. The first-order valence-electron chi connectivity index (χ1n) is 2.75. The van der Waals surface area contributed by atoms with Gasteiger partial charge in [0.05, 0.1) is 0 Å². The molecule has 3 heteroatoms. The van der Waals surface area contributed by atoms with E-state index in [4.69, 9.17) is 0 Å². The molecule has 9 heavy (non-hydrogen) atoms. The molecule has 0 bridgehead atoms. The van der Waals surface area contributed by atoms with Crippen LogP contribution in [0.1, 0.15) is 0 Å². The second kappa shape index (κ2) is 2.91. The second-order valence-corrected chi connectivity index (χ2v) is 1.60. The van der Waals surface area contributed by atoms with E-state index < -0.39 is 0 Å². The molecule has 0 saturated carbocycles. The molecular formula is C6H9N3.